The zero-order valence-electron chi connectivity index (χ0n) is 27.7. The third-order valence-electron chi connectivity index (χ3n) is 9.58. The molecule has 0 aliphatic carbocycles. The van der Waals surface area contributed by atoms with Crippen molar-refractivity contribution in [2.45, 2.75) is 81.6 Å². The van der Waals surface area contributed by atoms with Gasteiger partial charge in [-0.15, -0.1) is 0 Å². The van der Waals surface area contributed by atoms with Crippen LogP contribution in [-0.4, -0.2) is 106 Å². The molecule has 0 radical (unpaired) electrons. The first-order chi connectivity index (χ1) is 22.3. The molecule has 0 unspecified atom stereocenters. The van der Waals surface area contributed by atoms with Crippen molar-refractivity contribution in [1.82, 2.24) is 9.21 Å². The number of ether oxygens (including phenoxy) is 4. The molecule has 3 aliphatic rings. The smallest absolute Gasteiger partial charge is 0.243 e. The second kappa shape index (κ2) is 14.8. The van der Waals surface area contributed by atoms with Gasteiger partial charge in [-0.1, -0.05) is 50.2 Å². The molecule has 260 valence electrons. The van der Waals surface area contributed by atoms with E-state index in [9.17, 15) is 23.4 Å². The van der Waals surface area contributed by atoms with Crippen LogP contribution in [0.25, 0.3) is 0 Å². The van der Waals surface area contributed by atoms with Gasteiger partial charge in [0.25, 0.3) is 0 Å². The molecule has 3 heterocycles. The maximum atomic E-state index is 14.4. The topological polar surface area (TPSA) is 150 Å². The minimum absolute atomic E-state index is 0.0563. The summed E-state index contributed by atoms with van der Waals surface area (Å²) in [5.41, 5.74) is 0.846. The Morgan fingerprint density at radius 2 is 1.83 bits per heavy atom. The Morgan fingerprint density at radius 1 is 1.11 bits per heavy atom. The van der Waals surface area contributed by atoms with Gasteiger partial charge in [-0.05, 0) is 55.4 Å². The molecule has 0 aromatic heterocycles. The van der Waals surface area contributed by atoms with Crippen LogP contribution in [0.5, 0.6) is 0 Å². The molecule has 3 saturated heterocycles. The molecule has 13 heteroatoms. The van der Waals surface area contributed by atoms with E-state index in [1.54, 1.807) is 25.2 Å². The van der Waals surface area contributed by atoms with Crippen molar-refractivity contribution in [3.05, 3.63) is 60.2 Å². The molecule has 2 aromatic rings. The first-order valence-corrected chi connectivity index (χ1v) is 17.8. The molecular weight excluding hydrogens is 626 g/mol. The number of aliphatic hydroxyl groups excluding tert-OH is 1. The highest BCUT2D eigenvalue weighted by atomic mass is 32.2. The summed E-state index contributed by atoms with van der Waals surface area (Å²) >= 11 is 0. The molecule has 12 nitrogen and oxygen atoms in total. The predicted molar refractivity (Wildman–Crippen MR) is 173 cm³/mol. The lowest BCUT2D eigenvalue weighted by molar-refractivity contribution is -0.273. The molecule has 0 spiro atoms. The van der Waals surface area contributed by atoms with Crippen molar-refractivity contribution >= 4 is 21.8 Å². The summed E-state index contributed by atoms with van der Waals surface area (Å²) in [6, 6.07) is 14.1. The third kappa shape index (κ3) is 8.45. The van der Waals surface area contributed by atoms with Crippen LogP contribution in [-0.2, 0) is 35.4 Å². The third-order valence-corrected chi connectivity index (χ3v) is 11.4. The van der Waals surface area contributed by atoms with Crippen LogP contribution in [0.3, 0.4) is 0 Å². The number of carbonyl (C=O) groups excluding carboxylic acids is 1. The number of rotatable bonds is 15. The van der Waals surface area contributed by atoms with Crippen molar-refractivity contribution in [3.8, 4) is 0 Å². The van der Waals surface area contributed by atoms with E-state index >= 15 is 0 Å². The summed E-state index contributed by atoms with van der Waals surface area (Å²) in [7, 11) is -2.45. The zero-order chi connectivity index (χ0) is 33.8. The summed E-state index contributed by atoms with van der Waals surface area (Å²) in [5, 5.41) is 27.9. The van der Waals surface area contributed by atoms with Crippen LogP contribution in [0, 0.1) is 11.3 Å². The average Bonchev–Trinajstić information content (AvgIpc) is 3.79. The highest BCUT2D eigenvalue weighted by molar-refractivity contribution is 7.89. The highest BCUT2D eigenvalue weighted by Gasteiger charge is 2.48. The van der Waals surface area contributed by atoms with Crippen LogP contribution in [0.15, 0.2) is 59.5 Å². The Balaban J connectivity index is 1.47. The second-order valence-electron chi connectivity index (χ2n) is 13.7. The highest BCUT2D eigenvalue weighted by Crippen LogP contribution is 2.37. The van der Waals surface area contributed by atoms with Crippen molar-refractivity contribution < 1.29 is 42.4 Å². The predicted octanol–water partition coefficient (Wildman–Crippen LogP) is 2.67. The van der Waals surface area contributed by atoms with Gasteiger partial charge in [-0.2, -0.15) is 4.31 Å². The fourth-order valence-electron chi connectivity index (χ4n) is 6.88. The van der Waals surface area contributed by atoms with Gasteiger partial charge < -0.3 is 44.2 Å². The quantitative estimate of drug-likeness (QED) is 0.289. The number of hydrogen-bond donors (Lipinski definition) is 2. The number of hydrogen-bond acceptors (Lipinski definition) is 10. The number of nitrogens with zero attached hydrogens (tertiary/aromatic N) is 2. The molecule has 5 atom stereocenters. The number of nitrogens with one attached hydrogen (secondary N) is 1. The van der Waals surface area contributed by atoms with Crippen molar-refractivity contribution in [3.63, 3.8) is 0 Å². The second-order valence-corrected chi connectivity index (χ2v) is 15.6. The molecule has 1 amide bonds. The van der Waals surface area contributed by atoms with Crippen molar-refractivity contribution in [2.24, 2.45) is 11.3 Å². The van der Waals surface area contributed by atoms with E-state index in [1.165, 1.54) is 15.3 Å². The number of carboxylic acid groups (broad SMARTS) is 1. The monoisotopic (exact) mass is 674 g/mol. The molecule has 0 bridgehead atoms. The van der Waals surface area contributed by atoms with Gasteiger partial charge >= 0.3 is 0 Å². The van der Waals surface area contributed by atoms with Crippen LogP contribution in [0.2, 0.25) is 0 Å². The fraction of sp³-hybridized carbons (Fsp3) is 0.618. The number of carbonyl (C=O) groups is 1. The van der Waals surface area contributed by atoms with E-state index in [0.29, 0.717) is 44.8 Å². The SMILES string of the molecule is CNc1cccc(S(=O)(=O)N(C[C@@H](O)[C@H](Cc2ccccc2)N(C(=O)[O-])[C@H]2CO[C@H]3OCC[C@H]32)CC(C)(C)CCC2(C)OCCO2)c1. The molecule has 2 aromatic carbocycles. The zero-order valence-corrected chi connectivity index (χ0v) is 28.5. The Labute approximate surface area is 278 Å². The van der Waals surface area contributed by atoms with Gasteiger partial charge in [-0.3, -0.25) is 0 Å². The molecule has 47 heavy (non-hydrogen) atoms. The van der Waals surface area contributed by atoms with E-state index in [-0.39, 0.29) is 36.9 Å². The largest absolute Gasteiger partial charge is 0.530 e. The van der Waals surface area contributed by atoms with Gasteiger partial charge in [0.2, 0.25) is 10.0 Å². The molecule has 3 aliphatic heterocycles. The summed E-state index contributed by atoms with van der Waals surface area (Å²) in [6.45, 7) is 7.07. The molecule has 3 fully saturated rings. The number of aliphatic hydroxyl groups is 1. The van der Waals surface area contributed by atoms with Crippen LogP contribution in [0.1, 0.15) is 45.6 Å². The fourth-order valence-corrected chi connectivity index (χ4v) is 8.58. The Kier molecular flexibility index (Phi) is 11.2. The Hall–Kier alpha value is -2.78. The lowest BCUT2D eigenvalue weighted by atomic mass is 9.86. The molecular formula is C34H48N3O9S-. The summed E-state index contributed by atoms with van der Waals surface area (Å²) in [4.78, 5) is 14.1. The lowest BCUT2D eigenvalue weighted by Crippen LogP contribution is -2.61. The standard InChI is InChI=1S/C34H49N3O9S/c1-33(2,14-15-34(3)45-17-18-46-34)23-36(47(41,42)26-12-8-11-25(20-26)35-4)21-30(38)28(19-24-9-6-5-7-10-24)37(32(39)40)29-22-44-31-27(29)13-16-43-31/h5-12,20,27-31,35,38H,13-19,21-23H2,1-4H3,(H,39,40)/p-1/t27-,28-,29-,30+,31+/m0/s1. The lowest BCUT2D eigenvalue weighted by Gasteiger charge is -2.43. The normalized spacial score (nSPS) is 23.8. The van der Waals surface area contributed by atoms with E-state index in [4.69, 9.17) is 18.9 Å². The average molecular weight is 675 g/mol. The molecule has 0 saturated carbocycles. The first-order valence-electron chi connectivity index (χ1n) is 16.3. The number of sulfonamides is 1. The van der Waals surface area contributed by atoms with Gasteiger partial charge in [0.1, 0.15) is 6.09 Å². The minimum Gasteiger partial charge on any atom is -0.530 e. The number of amides is 1. The summed E-state index contributed by atoms with van der Waals surface area (Å²) in [6.07, 6.45) is -1.52. The number of anilines is 1. The maximum absolute atomic E-state index is 14.4. The first kappa shape index (κ1) is 35.5. The minimum atomic E-state index is -4.16. The van der Waals surface area contributed by atoms with Crippen molar-refractivity contribution in [1.29, 1.82) is 0 Å². The Bertz CT molecular complexity index is 1450. The van der Waals surface area contributed by atoms with Gasteiger partial charge in [-0.25, -0.2) is 8.42 Å². The van der Waals surface area contributed by atoms with E-state index < -0.39 is 51.8 Å². The van der Waals surface area contributed by atoms with E-state index in [1.807, 2.05) is 51.1 Å². The van der Waals surface area contributed by atoms with E-state index in [2.05, 4.69) is 5.32 Å². The van der Waals surface area contributed by atoms with Crippen molar-refractivity contribution in [2.75, 3.05) is 51.9 Å². The number of fused-ring (bicyclic) bond motifs is 1. The van der Waals surface area contributed by atoms with Gasteiger partial charge in [0.15, 0.2) is 12.1 Å². The maximum Gasteiger partial charge on any atom is 0.243 e. The number of benzene rings is 2. The summed E-state index contributed by atoms with van der Waals surface area (Å²) in [5.74, 6) is -0.967. The molecule has 5 rings (SSSR count). The van der Waals surface area contributed by atoms with Gasteiger partial charge in [0.05, 0.1) is 49.5 Å². The summed E-state index contributed by atoms with van der Waals surface area (Å²) < 4.78 is 53.1. The van der Waals surface area contributed by atoms with Crippen LogP contribution >= 0.6 is 0 Å². The Morgan fingerprint density at radius 3 is 2.51 bits per heavy atom. The van der Waals surface area contributed by atoms with Crippen LogP contribution in [0.4, 0.5) is 10.5 Å². The van der Waals surface area contributed by atoms with Crippen LogP contribution < -0.4 is 10.4 Å². The molecule has 2 N–H and O–H groups in total. The van der Waals surface area contributed by atoms with Gasteiger partial charge in [0, 0.05) is 38.2 Å². The van der Waals surface area contributed by atoms with E-state index in [0.717, 1.165) is 5.56 Å².